The van der Waals surface area contributed by atoms with E-state index in [0.717, 1.165) is 5.21 Å². The summed E-state index contributed by atoms with van der Waals surface area (Å²) < 4.78 is 8.00. The Morgan fingerprint density at radius 1 is 2.00 bits per heavy atom. The van der Waals surface area contributed by atoms with Crippen molar-refractivity contribution in [1.29, 1.82) is 0 Å². The van der Waals surface area contributed by atoms with E-state index in [0.29, 0.717) is 0 Å². The third-order valence-corrected chi connectivity index (χ3v) is 0.822. The molecule has 0 aromatic heterocycles. The van der Waals surface area contributed by atoms with Crippen LogP contribution in [0.25, 0.3) is 0 Å². The summed E-state index contributed by atoms with van der Waals surface area (Å²) in [6.07, 6.45) is 0. The average Bonchev–Trinajstić information content (AvgIpc) is 1.37. The van der Waals surface area contributed by atoms with Crippen LogP contribution in [0.4, 0.5) is 0 Å². The summed E-state index contributed by atoms with van der Waals surface area (Å²) in [6.45, 7) is 1.99. The molecule has 0 spiro atoms. The molecular formula is C2H7AsO. The van der Waals surface area contributed by atoms with Crippen LogP contribution in [0.5, 0.6) is 0 Å². The van der Waals surface area contributed by atoms with Gasteiger partial charge in [-0.05, 0) is 0 Å². The zero-order valence-corrected chi connectivity index (χ0v) is 4.75. The van der Waals surface area contributed by atoms with Gasteiger partial charge in [-0.2, -0.15) is 0 Å². The topological polar surface area (TPSA) is 20.2 Å². The van der Waals surface area contributed by atoms with Gasteiger partial charge in [0.2, 0.25) is 0 Å². The molecule has 0 aromatic carbocycles. The summed E-state index contributed by atoms with van der Waals surface area (Å²) in [5.41, 5.74) is 0. The van der Waals surface area contributed by atoms with Crippen molar-refractivity contribution in [3.63, 3.8) is 0 Å². The Bertz CT molecular complexity index is 8.00. The minimum absolute atomic E-state index is 0.486. The number of hydrogen-bond acceptors (Lipinski definition) is 1. The average molecular weight is 122 g/mol. The Morgan fingerprint density at radius 3 is 2.25 bits per heavy atom. The first-order valence-electron chi connectivity index (χ1n) is 1.28. The second kappa shape index (κ2) is 3.52. The molecule has 0 saturated heterocycles. The monoisotopic (exact) mass is 122 g/mol. The van der Waals surface area contributed by atoms with Crippen molar-refractivity contribution in [2.24, 2.45) is 0 Å². The summed E-state index contributed by atoms with van der Waals surface area (Å²) in [4.78, 5) is 0. The van der Waals surface area contributed by atoms with Gasteiger partial charge in [0.05, 0.1) is 0 Å². The van der Waals surface area contributed by atoms with E-state index in [-0.39, 0.29) is 0 Å². The van der Waals surface area contributed by atoms with Gasteiger partial charge >= 0.3 is 32.3 Å². The molecule has 0 radical (unpaired) electrons. The van der Waals surface area contributed by atoms with Crippen LogP contribution in [0.2, 0.25) is 5.21 Å². The van der Waals surface area contributed by atoms with E-state index in [1.807, 2.05) is 6.92 Å². The van der Waals surface area contributed by atoms with Crippen LogP contribution in [-0.2, 0) is 0 Å². The molecular weight excluding hydrogens is 115 g/mol. The number of hydrogen-bond donors (Lipinski definition) is 1. The molecule has 0 aliphatic rings. The van der Waals surface area contributed by atoms with Crippen molar-refractivity contribution < 1.29 is 4.10 Å². The van der Waals surface area contributed by atoms with Gasteiger partial charge in [-0.3, -0.25) is 0 Å². The van der Waals surface area contributed by atoms with Crippen LogP contribution in [0.1, 0.15) is 6.92 Å². The van der Waals surface area contributed by atoms with Crippen LogP contribution in [0.15, 0.2) is 0 Å². The van der Waals surface area contributed by atoms with Crippen LogP contribution in [0, 0.1) is 0 Å². The molecule has 0 heterocycles. The van der Waals surface area contributed by atoms with Gasteiger partial charge in [-0.25, -0.2) is 0 Å². The van der Waals surface area contributed by atoms with E-state index < -0.39 is 16.1 Å². The third kappa shape index (κ3) is 2.52. The molecule has 2 heteroatoms. The third-order valence-electron chi connectivity index (χ3n) is 0.158. The first kappa shape index (κ1) is 4.52. The first-order valence-corrected chi connectivity index (χ1v) is 3.71. The zero-order valence-electron chi connectivity index (χ0n) is 2.65. The summed E-state index contributed by atoms with van der Waals surface area (Å²) in [7, 11) is 0. The van der Waals surface area contributed by atoms with Crippen LogP contribution in [-0.4, -0.2) is 20.2 Å². The second-order valence-corrected chi connectivity index (χ2v) is 2.66. The molecule has 0 aliphatic carbocycles. The van der Waals surface area contributed by atoms with Crippen molar-refractivity contribution in [2.45, 2.75) is 12.1 Å². The van der Waals surface area contributed by atoms with Crippen molar-refractivity contribution >= 4 is 16.1 Å². The summed E-state index contributed by atoms with van der Waals surface area (Å²) >= 11 is -0.486. The van der Waals surface area contributed by atoms with Crippen molar-refractivity contribution in [1.82, 2.24) is 0 Å². The molecule has 0 saturated carbocycles. The van der Waals surface area contributed by atoms with Gasteiger partial charge in [0.1, 0.15) is 0 Å². The van der Waals surface area contributed by atoms with Gasteiger partial charge < -0.3 is 0 Å². The van der Waals surface area contributed by atoms with Gasteiger partial charge in [0.15, 0.2) is 0 Å². The van der Waals surface area contributed by atoms with Crippen molar-refractivity contribution in [3.05, 3.63) is 0 Å². The molecule has 0 rings (SSSR count). The first-order chi connectivity index (χ1) is 1.91. The molecule has 1 N–H and O–H groups in total. The molecule has 26 valence electrons. The summed E-state index contributed by atoms with van der Waals surface area (Å²) in [5, 5.41) is 1.00. The maximum absolute atomic E-state index is 8.00. The van der Waals surface area contributed by atoms with Gasteiger partial charge in [-0.15, -0.1) is 0 Å². The minimum atomic E-state index is -0.486. The van der Waals surface area contributed by atoms with Crippen molar-refractivity contribution in [3.8, 4) is 0 Å². The predicted molar refractivity (Wildman–Crippen MR) is 19.8 cm³/mol. The van der Waals surface area contributed by atoms with Crippen LogP contribution >= 0.6 is 0 Å². The molecule has 1 nitrogen and oxygen atoms in total. The molecule has 4 heavy (non-hydrogen) atoms. The second-order valence-electron chi connectivity index (χ2n) is 0.512. The number of rotatable bonds is 1. The Labute approximate surface area is 33.1 Å². The SMILES string of the molecule is CC[AsH]O. The fourth-order valence-corrected chi connectivity index (χ4v) is 0. The van der Waals surface area contributed by atoms with Gasteiger partial charge in [0, 0.05) is 0 Å². The van der Waals surface area contributed by atoms with E-state index in [2.05, 4.69) is 0 Å². The fourth-order valence-electron chi connectivity index (χ4n) is 0. The quantitative estimate of drug-likeness (QED) is 0.476. The Hall–Kier alpha value is 0.518. The Morgan fingerprint density at radius 2 is 2.25 bits per heavy atom. The van der Waals surface area contributed by atoms with E-state index in [4.69, 9.17) is 4.10 Å². The van der Waals surface area contributed by atoms with Crippen LogP contribution in [0.3, 0.4) is 0 Å². The van der Waals surface area contributed by atoms with E-state index >= 15 is 0 Å². The fraction of sp³-hybridized carbons (Fsp3) is 1.00. The Kier molecular flexibility index (Phi) is 3.97. The molecule has 0 amide bonds. The van der Waals surface area contributed by atoms with E-state index in [1.54, 1.807) is 0 Å². The van der Waals surface area contributed by atoms with Gasteiger partial charge in [-0.1, -0.05) is 0 Å². The normalized spacial score (nSPS) is 10.5. The molecule has 0 fully saturated rings. The Balaban J connectivity index is 1.97. The molecule has 1 atom stereocenters. The van der Waals surface area contributed by atoms with Crippen molar-refractivity contribution in [2.75, 3.05) is 0 Å². The summed E-state index contributed by atoms with van der Waals surface area (Å²) in [6, 6.07) is 0. The standard InChI is InChI=1S/C2H7AsO/c1-2-3-4/h3-4H,2H2,1H3. The summed E-state index contributed by atoms with van der Waals surface area (Å²) in [5.74, 6) is 0. The van der Waals surface area contributed by atoms with Crippen LogP contribution < -0.4 is 0 Å². The van der Waals surface area contributed by atoms with Gasteiger partial charge in [0.25, 0.3) is 0 Å². The van der Waals surface area contributed by atoms with E-state index in [9.17, 15) is 0 Å². The molecule has 0 aliphatic heterocycles. The molecule has 0 bridgehead atoms. The van der Waals surface area contributed by atoms with E-state index in [1.165, 1.54) is 0 Å². The molecule has 1 unspecified atom stereocenters. The zero-order chi connectivity index (χ0) is 3.41. The molecule has 0 aromatic rings. The predicted octanol–water partition coefficient (Wildman–Crippen LogP) is -0.232. The maximum atomic E-state index is 8.00.